The first-order chi connectivity index (χ1) is 14.6. The van der Waals surface area contributed by atoms with Crippen molar-refractivity contribution in [3.05, 3.63) is 71.6 Å². The number of para-hydroxylation sites is 1. The molecule has 4 aromatic rings. The van der Waals surface area contributed by atoms with Crippen molar-refractivity contribution >= 4 is 42.5 Å². The Labute approximate surface area is 184 Å². The molecule has 4 rings (SSSR count). The SMILES string of the molecule is Cc1ccc(S(=O)(=O)n2ccc3c(Oc4ccccc4S(C)(=O)=O)nc(Cl)nc32)cc1. The van der Waals surface area contributed by atoms with Crippen LogP contribution in [-0.2, 0) is 19.9 Å². The van der Waals surface area contributed by atoms with E-state index < -0.39 is 19.9 Å². The maximum atomic E-state index is 13.1. The molecule has 0 bridgehead atoms. The van der Waals surface area contributed by atoms with Crippen LogP contribution in [0.4, 0.5) is 0 Å². The molecule has 8 nitrogen and oxygen atoms in total. The van der Waals surface area contributed by atoms with Gasteiger partial charge in [0.1, 0.15) is 10.6 Å². The second kappa shape index (κ2) is 7.63. The third-order valence-electron chi connectivity index (χ3n) is 4.48. The van der Waals surface area contributed by atoms with Gasteiger partial charge in [0, 0.05) is 12.5 Å². The Morgan fingerprint density at radius 2 is 1.61 bits per heavy atom. The highest BCUT2D eigenvalue weighted by Gasteiger charge is 2.23. The van der Waals surface area contributed by atoms with E-state index in [1.807, 2.05) is 6.92 Å². The molecule has 0 radical (unpaired) electrons. The maximum Gasteiger partial charge on any atom is 0.269 e. The minimum atomic E-state index is -3.96. The van der Waals surface area contributed by atoms with Gasteiger partial charge in [-0.2, -0.15) is 9.97 Å². The first-order valence-corrected chi connectivity index (χ1v) is 12.6. The molecule has 0 saturated carbocycles. The molecular formula is C20H16ClN3O5S2. The van der Waals surface area contributed by atoms with E-state index in [-0.39, 0.29) is 37.7 Å². The third-order valence-corrected chi connectivity index (χ3v) is 7.47. The van der Waals surface area contributed by atoms with Gasteiger partial charge in [0.15, 0.2) is 15.5 Å². The van der Waals surface area contributed by atoms with Crippen molar-refractivity contribution in [3.8, 4) is 11.6 Å². The number of hydrogen-bond acceptors (Lipinski definition) is 7. The highest BCUT2D eigenvalue weighted by molar-refractivity contribution is 7.91. The molecule has 0 spiro atoms. The minimum Gasteiger partial charge on any atom is -0.437 e. The Morgan fingerprint density at radius 3 is 2.29 bits per heavy atom. The topological polar surface area (TPSA) is 108 Å². The summed E-state index contributed by atoms with van der Waals surface area (Å²) in [7, 11) is -7.54. The second-order valence-electron chi connectivity index (χ2n) is 6.79. The Bertz CT molecular complexity index is 1510. The number of halogens is 1. The molecule has 160 valence electrons. The van der Waals surface area contributed by atoms with E-state index in [9.17, 15) is 16.8 Å². The van der Waals surface area contributed by atoms with Gasteiger partial charge in [-0.1, -0.05) is 29.8 Å². The van der Waals surface area contributed by atoms with Crippen molar-refractivity contribution in [3.63, 3.8) is 0 Å². The summed E-state index contributed by atoms with van der Waals surface area (Å²) in [5, 5.41) is 0.00165. The highest BCUT2D eigenvalue weighted by Crippen LogP contribution is 2.33. The van der Waals surface area contributed by atoms with Crippen molar-refractivity contribution in [2.24, 2.45) is 0 Å². The molecule has 11 heteroatoms. The van der Waals surface area contributed by atoms with Crippen molar-refractivity contribution in [2.45, 2.75) is 16.7 Å². The number of aryl methyl sites for hydroxylation is 1. The average Bonchev–Trinajstić information content (AvgIpc) is 3.12. The first-order valence-electron chi connectivity index (χ1n) is 8.91. The molecule has 0 aliphatic rings. The summed E-state index contributed by atoms with van der Waals surface area (Å²) < 4.78 is 57.1. The molecule has 0 amide bonds. The van der Waals surface area contributed by atoms with Crippen LogP contribution in [0.5, 0.6) is 11.6 Å². The van der Waals surface area contributed by atoms with Crippen LogP contribution in [0.3, 0.4) is 0 Å². The van der Waals surface area contributed by atoms with Crippen molar-refractivity contribution < 1.29 is 21.6 Å². The quantitative estimate of drug-likeness (QED) is 0.402. The Hall–Kier alpha value is -2.95. The van der Waals surface area contributed by atoms with Crippen LogP contribution in [0.2, 0.25) is 5.28 Å². The van der Waals surface area contributed by atoms with E-state index in [1.54, 1.807) is 24.3 Å². The van der Waals surface area contributed by atoms with Crippen molar-refractivity contribution in [2.75, 3.05) is 6.26 Å². The van der Waals surface area contributed by atoms with Crippen LogP contribution in [-0.4, -0.2) is 37.0 Å². The summed E-state index contributed by atoms with van der Waals surface area (Å²) in [4.78, 5) is 8.13. The van der Waals surface area contributed by atoms with Crippen LogP contribution in [0.15, 0.2) is 70.6 Å². The third kappa shape index (κ3) is 4.01. The Balaban J connectivity index is 1.87. The van der Waals surface area contributed by atoms with E-state index in [1.165, 1.54) is 36.5 Å². The lowest BCUT2D eigenvalue weighted by Crippen LogP contribution is -2.12. The van der Waals surface area contributed by atoms with Crippen molar-refractivity contribution in [1.82, 2.24) is 13.9 Å². The lowest BCUT2D eigenvalue weighted by atomic mass is 10.2. The standard InChI is InChI=1S/C20H16ClN3O5S2/c1-13-7-9-14(10-8-13)31(27,28)24-12-11-15-18(24)22-20(21)23-19(15)29-16-5-3-4-6-17(16)30(2,25)26/h3-12H,1-2H3. The van der Waals surface area contributed by atoms with Gasteiger partial charge in [-0.05, 0) is 48.9 Å². The fraction of sp³-hybridized carbons (Fsp3) is 0.100. The fourth-order valence-electron chi connectivity index (χ4n) is 2.98. The molecule has 2 aromatic heterocycles. The summed E-state index contributed by atoms with van der Waals surface area (Å²) in [6.07, 6.45) is 2.38. The lowest BCUT2D eigenvalue weighted by Gasteiger charge is -2.11. The summed E-state index contributed by atoms with van der Waals surface area (Å²) in [6, 6.07) is 13.9. The van der Waals surface area contributed by atoms with Gasteiger partial charge >= 0.3 is 0 Å². The molecule has 0 unspecified atom stereocenters. The number of sulfone groups is 1. The molecule has 2 aromatic carbocycles. The van der Waals surface area contributed by atoms with Gasteiger partial charge in [0.05, 0.1) is 10.3 Å². The van der Waals surface area contributed by atoms with Crippen LogP contribution < -0.4 is 4.74 Å². The summed E-state index contributed by atoms with van der Waals surface area (Å²) in [5.74, 6) is -0.0286. The number of benzene rings is 2. The first kappa shape index (κ1) is 21.3. The lowest BCUT2D eigenvalue weighted by molar-refractivity contribution is 0.454. The Morgan fingerprint density at radius 1 is 0.935 bits per heavy atom. The van der Waals surface area contributed by atoms with Crippen LogP contribution in [0, 0.1) is 6.92 Å². The van der Waals surface area contributed by atoms with Gasteiger partial charge in [0.2, 0.25) is 11.2 Å². The van der Waals surface area contributed by atoms with E-state index in [0.717, 1.165) is 15.8 Å². The molecule has 0 atom stereocenters. The zero-order valence-corrected chi connectivity index (χ0v) is 18.7. The number of hydrogen-bond donors (Lipinski definition) is 0. The molecular weight excluding hydrogens is 462 g/mol. The van der Waals surface area contributed by atoms with Gasteiger partial charge in [-0.25, -0.2) is 20.8 Å². The molecule has 0 saturated heterocycles. The smallest absolute Gasteiger partial charge is 0.269 e. The molecule has 2 heterocycles. The van der Waals surface area contributed by atoms with Crippen LogP contribution >= 0.6 is 11.6 Å². The van der Waals surface area contributed by atoms with Gasteiger partial charge < -0.3 is 4.74 Å². The van der Waals surface area contributed by atoms with Gasteiger partial charge in [-0.3, -0.25) is 0 Å². The summed E-state index contributed by atoms with van der Waals surface area (Å²) >= 11 is 6.04. The summed E-state index contributed by atoms with van der Waals surface area (Å²) in [5.41, 5.74) is 0.925. The average molecular weight is 478 g/mol. The van der Waals surface area contributed by atoms with Gasteiger partial charge in [-0.15, -0.1) is 0 Å². The van der Waals surface area contributed by atoms with E-state index in [2.05, 4.69) is 9.97 Å². The normalized spacial score (nSPS) is 12.2. The highest BCUT2D eigenvalue weighted by atomic mass is 35.5. The number of rotatable bonds is 5. The molecule has 0 fully saturated rings. The number of ether oxygens (including phenoxy) is 1. The summed E-state index contributed by atoms with van der Waals surface area (Å²) in [6.45, 7) is 1.85. The Kier molecular flexibility index (Phi) is 5.24. The molecule has 0 aliphatic heterocycles. The zero-order valence-electron chi connectivity index (χ0n) is 16.4. The number of fused-ring (bicyclic) bond motifs is 1. The minimum absolute atomic E-state index is 0.00686. The number of aromatic nitrogens is 3. The van der Waals surface area contributed by atoms with Crippen LogP contribution in [0.25, 0.3) is 11.0 Å². The molecule has 31 heavy (non-hydrogen) atoms. The maximum absolute atomic E-state index is 13.1. The van der Waals surface area contributed by atoms with E-state index in [0.29, 0.717) is 0 Å². The van der Waals surface area contributed by atoms with E-state index >= 15 is 0 Å². The second-order valence-corrected chi connectivity index (χ2v) is 10.9. The number of nitrogens with zero attached hydrogens (tertiary/aromatic N) is 3. The largest absolute Gasteiger partial charge is 0.437 e. The molecule has 0 N–H and O–H groups in total. The predicted octanol–water partition coefficient (Wildman–Crippen LogP) is 3.83. The fourth-order valence-corrected chi connectivity index (χ4v) is 5.23. The zero-order chi connectivity index (χ0) is 22.4. The monoisotopic (exact) mass is 477 g/mol. The van der Waals surface area contributed by atoms with Crippen LogP contribution in [0.1, 0.15) is 5.56 Å². The van der Waals surface area contributed by atoms with E-state index in [4.69, 9.17) is 16.3 Å². The van der Waals surface area contributed by atoms with Gasteiger partial charge in [0.25, 0.3) is 10.0 Å². The van der Waals surface area contributed by atoms with Crippen molar-refractivity contribution in [1.29, 1.82) is 0 Å². The molecule has 0 aliphatic carbocycles. The predicted molar refractivity (Wildman–Crippen MR) is 116 cm³/mol.